The van der Waals surface area contributed by atoms with Crippen molar-refractivity contribution in [3.05, 3.63) is 141 Å². The molecule has 6 aromatic rings. The number of aliphatic imine (C=N–C) groups is 1. The van der Waals surface area contributed by atoms with Gasteiger partial charge in [0, 0.05) is 34.8 Å². The standard InChI is InChI=1S/C20H15F3N2O.C17H13F2NO/c1-19(2)20(22,23)16-12(7-5-8-14(16)21)17(25-19)13-10-11-6-3-4-9-15(11)24-18(13)26;1-10-9-20-17(13-6-4-3-5-12(10)13)16-14(18)7-11(21-2)8-15(16)19/h3-10H,1-2H3,(H,24,26);3-9H,1-2H3. The molecule has 1 aliphatic heterocycles. The number of aryl methyl sites for hydroxylation is 1. The van der Waals surface area contributed by atoms with E-state index in [1.54, 1.807) is 36.5 Å². The Morgan fingerprint density at radius 2 is 1.45 bits per heavy atom. The summed E-state index contributed by atoms with van der Waals surface area (Å²) in [6.45, 7) is 4.38. The largest absolute Gasteiger partial charge is 0.497 e. The van der Waals surface area contributed by atoms with E-state index in [0.717, 1.165) is 39.9 Å². The third-order valence-corrected chi connectivity index (χ3v) is 8.23. The fourth-order valence-electron chi connectivity index (χ4n) is 5.71. The summed E-state index contributed by atoms with van der Waals surface area (Å²) >= 11 is 0. The van der Waals surface area contributed by atoms with Crippen LogP contribution in [0.15, 0.2) is 101 Å². The lowest BCUT2D eigenvalue weighted by Crippen LogP contribution is -2.45. The molecule has 4 aromatic carbocycles. The Morgan fingerprint density at radius 3 is 2.15 bits per heavy atom. The summed E-state index contributed by atoms with van der Waals surface area (Å²) in [5, 5.41) is 2.38. The number of aromatic amines is 1. The van der Waals surface area contributed by atoms with E-state index in [9.17, 15) is 26.7 Å². The van der Waals surface area contributed by atoms with Crippen LogP contribution in [0.1, 0.15) is 36.1 Å². The second-order valence-electron chi connectivity index (χ2n) is 11.7. The summed E-state index contributed by atoms with van der Waals surface area (Å²) in [6, 6.07) is 22.2. The summed E-state index contributed by atoms with van der Waals surface area (Å²) in [7, 11) is 1.37. The summed E-state index contributed by atoms with van der Waals surface area (Å²) in [4.78, 5) is 23.7. The number of hydrogen-bond donors (Lipinski definition) is 1. The molecule has 1 aliphatic rings. The highest BCUT2D eigenvalue weighted by Crippen LogP contribution is 2.47. The molecule has 0 amide bonds. The number of nitrogens with zero attached hydrogens (tertiary/aromatic N) is 2. The zero-order chi connectivity index (χ0) is 33.7. The van der Waals surface area contributed by atoms with Gasteiger partial charge in [-0.15, -0.1) is 0 Å². The van der Waals surface area contributed by atoms with Crippen LogP contribution in [-0.2, 0) is 5.92 Å². The Labute approximate surface area is 266 Å². The van der Waals surface area contributed by atoms with Crippen LogP contribution in [0.3, 0.4) is 0 Å². The van der Waals surface area contributed by atoms with E-state index >= 15 is 0 Å². The van der Waals surface area contributed by atoms with Gasteiger partial charge in [-0.05, 0) is 55.3 Å². The number of benzene rings is 4. The van der Waals surface area contributed by atoms with Crippen LogP contribution in [0.25, 0.3) is 32.9 Å². The number of aromatic nitrogens is 2. The molecule has 0 radical (unpaired) electrons. The van der Waals surface area contributed by atoms with E-state index in [0.29, 0.717) is 11.2 Å². The first kappa shape index (κ1) is 31.6. The number of ether oxygens (including phenoxy) is 1. The van der Waals surface area contributed by atoms with Gasteiger partial charge in [0.2, 0.25) is 0 Å². The first-order valence-corrected chi connectivity index (χ1v) is 14.6. The highest BCUT2D eigenvalue weighted by atomic mass is 19.3. The number of pyridine rings is 2. The van der Waals surface area contributed by atoms with Gasteiger partial charge in [-0.1, -0.05) is 54.6 Å². The fraction of sp³-hybridized carbons (Fsp3) is 0.162. The van der Waals surface area contributed by atoms with E-state index in [1.807, 2.05) is 31.2 Å². The molecule has 0 unspecified atom stereocenters. The molecule has 0 aliphatic carbocycles. The first-order chi connectivity index (χ1) is 22.3. The monoisotopic (exact) mass is 641 g/mol. The van der Waals surface area contributed by atoms with Crippen LogP contribution < -0.4 is 10.3 Å². The van der Waals surface area contributed by atoms with Gasteiger partial charge in [0.05, 0.1) is 35.2 Å². The zero-order valence-corrected chi connectivity index (χ0v) is 25.8. The van der Waals surface area contributed by atoms with Crippen molar-refractivity contribution >= 4 is 27.4 Å². The van der Waals surface area contributed by atoms with E-state index in [1.165, 1.54) is 33.1 Å². The molecule has 2 aromatic heterocycles. The Hall–Kier alpha value is -5.38. The van der Waals surface area contributed by atoms with Crippen LogP contribution >= 0.6 is 0 Å². The normalized spacial score (nSPS) is 14.6. The van der Waals surface area contributed by atoms with Gasteiger partial charge < -0.3 is 9.72 Å². The van der Waals surface area contributed by atoms with Gasteiger partial charge in [-0.3, -0.25) is 14.8 Å². The predicted octanol–water partition coefficient (Wildman–Crippen LogP) is 8.89. The minimum Gasteiger partial charge on any atom is -0.497 e. The second kappa shape index (κ2) is 11.8. The van der Waals surface area contributed by atoms with Crippen molar-refractivity contribution in [3.63, 3.8) is 0 Å². The maximum Gasteiger partial charge on any atom is 0.300 e. The molecule has 5 nitrogen and oxygen atoms in total. The summed E-state index contributed by atoms with van der Waals surface area (Å²) < 4.78 is 77.4. The zero-order valence-electron chi connectivity index (χ0n) is 25.8. The Morgan fingerprint density at radius 1 is 0.787 bits per heavy atom. The van der Waals surface area contributed by atoms with Crippen LogP contribution in [0.5, 0.6) is 5.75 Å². The number of alkyl halides is 2. The number of H-pyrrole nitrogens is 1. The van der Waals surface area contributed by atoms with E-state index in [2.05, 4.69) is 15.0 Å². The van der Waals surface area contributed by atoms with E-state index in [4.69, 9.17) is 4.74 Å². The van der Waals surface area contributed by atoms with Crippen LogP contribution in [0.4, 0.5) is 22.0 Å². The maximum atomic E-state index is 14.8. The van der Waals surface area contributed by atoms with Crippen molar-refractivity contribution in [1.29, 1.82) is 0 Å². The van der Waals surface area contributed by atoms with Gasteiger partial charge in [0.1, 0.15) is 28.7 Å². The molecule has 0 fully saturated rings. The molecular weight excluding hydrogens is 613 g/mol. The predicted molar refractivity (Wildman–Crippen MR) is 173 cm³/mol. The Bertz CT molecular complexity index is 2250. The van der Waals surface area contributed by atoms with Gasteiger partial charge in [0.25, 0.3) is 5.56 Å². The molecule has 0 spiro atoms. The van der Waals surface area contributed by atoms with Gasteiger partial charge in [-0.2, -0.15) is 8.78 Å². The lowest BCUT2D eigenvalue weighted by Gasteiger charge is -2.37. The van der Waals surface area contributed by atoms with Crippen molar-refractivity contribution in [2.75, 3.05) is 7.11 Å². The van der Waals surface area contributed by atoms with E-state index < -0.39 is 40.0 Å². The minimum atomic E-state index is -3.50. The maximum absolute atomic E-state index is 14.8. The molecule has 0 saturated heterocycles. The smallest absolute Gasteiger partial charge is 0.300 e. The summed E-state index contributed by atoms with van der Waals surface area (Å²) in [6.07, 6.45) is 1.63. The number of halogens is 5. The lowest BCUT2D eigenvalue weighted by atomic mass is 9.81. The number of rotatable bonds is 3. The molecule has 0 atom stereocenters. The molecule has 47 heavy (non-hydrogen) atoms. The molecule has 0 saturated carbocycles. The number of para-hydroxylation sites is 1. The number of nitrogens with one attached hydrogen (secondary N) is 1. The molecule has 1 N–H and O–H groups in total. The lowest BCUT2D eigenvalue weighted by molar-refractivity contribution is -0.0710. The highest BCUT2D eigenvalue weighted by molar-refractivity contribution is 6.15. The molecule has 0 bridgehead atoms. The number of methoxy groups -OCH3 is 1. The van der Waals surface area contributed by atoms with Gasteiger partial charge in [0.15, 0.2) is 0 Å². The minimum absolute atomic E-state index is 0.0601. The summed E-state index contributed by atoms with van der Waals surface area (Å²) in [5.74, 6) is -5.74. The third kappa shape index (κ3) is 5.43. The van der Waals surface area contributed by atoms with Crippen molar-refractivity contribution in [3.8, 4) is 17.0 Å². The average molecular weight is 642 g/mol. The molecule has 238 valence electrons. The van der Waals surface area contributed by atoms with Crippen molar-refractivity contribution < 1.29 is 26.7 Å². The quantitative estimate of drug-likeness (QED) is 0.196. The van der Waals surface area contributed by atoms with Crippen molar-refractivity contribution in [2.45, 2.75) is 32.2 Å². The van der Waals surface area contributed by atoms with E-state index in [-0.39, 0.29) is 28.2 Å². The highest BCUT2D eigenvalue weighted by Gasteiger charge is 2.54. The topological polar surface area (TPSA) is 67.3 Å². The Balaban J connectivity index is 0.000000168. The van der Waals surface area contributed by atoms with Crippen molar-refractivity contribution in [1.82, 2.24) is 9.97 Å². The molecular formula is C37H28F5N3O2. The Kier molecular flexibility index (Phi) is 7.91. The van der Waals surface area contributed by atoms with Crippen LogP contribution in [0, 0.1) is 24.4 Å². The van der Waals surface area contributed by atoms with Crippen LogP contribution in [0.2, 0.25) is 0 Å². The number of hydrogen-bond acceptors (Lipinski definition) is 4. The third-order valence-electron chi connectivity index (χ3n) is 8.23. The second-order valence-corrected chi connectivity index (χ2v) is 11.7. The summed E-state index contributed by atoms with van der Waals surface area (Å²) in [5.41, 5.74) is -1.17. The van der Waals surface area contributed by atoms with Crippen molar-refractivity contribution in [2.24, 2.45) is 4.99 Å². The molecule has 7 rings (SSSR count). The molecule has 10 heteroatoms. The van der Waals surface area contributed by atoms with Gasteiger partial charge >= 0.3 is 5.92 Å². The average Bonchev–Trinajstić information content (AvgIpc) is 3.03. The van der Waals surface area contributed by atoms with Crippen LogP contribution in [-0.4, -0.2) is 28.3 Å². The number of fused-ring (bicyclic) bond motifs is 3. The SMILES string of the molecule is CC1(C)N=C(c2cc3ccccc3[nH]c2=O)c2cccc(F)c2C1(F)F.COc1cc(F)c(-c2ncc(C)c3ccccc23)c(F)c1. The fourth-order valence-corrected chi connectivity index (χ4v) is 5.71. The first-order valence-electron chi connectivity index (χ1n) is 14.6. The molecule has 3 heterocycles. The van der Waals surface area contributed by atoms with Gasteiger partial charge in [-0.25, -0.2) is 13.2 Å².